The number of halogens is 2. The molecule has 0 spiro atoms. The number of benzene rings is 2. The van der Waals surface area contributed by atoms with Crippen molar-refractivity contribution in [2.24, 2.45) is 0 Å². The van der Waals surface area contributed by atoms with Gasteiger partial charge in [-0.3, -0.25) is 4.79 Å². The molecule has 1 N–H and O–H groups in total. The van der Waals surface area contributed by atoms with Crippen LogP contribution in [0.2, 0.25) is 10.0 Å². The average Bonchev–Trinajstić information content (AvgIpc) is 3.12. The molecular weight excluding hydrogens is 349 g/mol. The zero-order valence-corrected chi connectivity index (χ0v) is 14.2. The zero-order valence-electron chi connectivity index (χ0n) is 12.6. The third-order valence-corrected chi connectivity index (χ3v) is 4.27. The number of nitrogens with one attached hydrogen (secondary N) is 1. The Hall–Kier alpha value is -2.44. The Morgan fingerprint density at radius 1 is 1.12 bits per heavy atom. The first-order valence-electron chi connectivity index (χ1n) is 7.14. The zero-order chi connectivity index (χ0) is 17.1. The first-order chi connectivity index (χ1) is 11.5. The molecular formula is C16H13Cl2N5O. The van der Waals surface area contributed by atoms with Crippen LogP contribution >= 0.6 is 23.2 Å². The van der Waals surface area contributed by atoms with Gasteiger partial charge in [0.1, 0.15) is 6.33 Å². The van der Waals surface area contributed by atoms with Gasteiger partial charge in [0.15, 0.2) is 0 Å². The van der Waals surface area contributed by atoms with Crippen molar-refractivity contribution in [3.05, 3.63) is 70.0 Å². The summed E-state index contributed by atoms with van der Waals surface area (Å²) in [6.45, 7) is 1.88. The van der Waals surface area contributed by atoms with E-state index in [9.17, 15) is 4.79 Å². The molecule has 6 nitrogen and oxygen atoms in total. The van der Waals surface area contributed by atoms with Crippen molar-refractivity contribution in [2.45, 2.75) is 13.0 Å². The van der Waals surface area contributed by atoms with Crippen molar-refractivity contribution in [3.8, 4) is 5.69 Å². The van der Waals surface area contributed by atoms with Crippen LogP contribution in [0.15, 0.2) is 48.8 Å². The van der Waals surface area contributed by atoms with Crippen molar-refractivity contribution in [2.75, 3.05) is 0 Å². The van der Waals surface area contributed by atoms with E-state index < -0.39 is 0 Å². The summed E-state index contributed by atoms with van der Waals surface area (Å²) in [4.78, 5) is 12.4. The number of carbonyl (C=O) groups excluding carboxylic acids is 1. The van der Waals surface area contributed by atoms with Crippen LogP contribution in [0.3, 0.4) is 0 Å². The van der Waals surface area contributed by atoms with Crippen molar-refractivity contribution >= 4 is 29.1 Å². The van der Waals surface area contributed by atoms with Crippen molar-refractivity contribution in [1.29, 1.82) is 0 Å². The number of aromatic nitrogens is 4. The van der Waals surface area contributed by atoms with Gasteiger partial charge in [0.05, 0.1) is 21.8 Å². The normalized spacial score (nSPS) is 12.0. The molecule has 0 unspecified atom stereocenters. The number of tetrazole rings is 1. The second-order valence-electron chi connectivity index (χ2n) is 5.17. The van der Waals surface area contributed by atoms with Gasteiger partial charge in [-0.25, -0.2) is 4.68 Å². The Morgan fingerprint density at radius 3 is 2.50 bits per heavy atom. The average molecular weight is 362 g/mol. The SMILES string of the molecule is C[C@@H](NC(=O)c1ccc(-n2cnnn2)cc1)c1ccc(Cl)c(Cl)c1. The minimum Gasteiger partial charge on any atom is -0.346 e. The molecule has 0 saturated carbocycles. The number of carbonyl (C=O) groups is 1. The van der Waals surface area contributed by atoms with Crippen LogP contribution in [-0.2, 0) is 0 Å². The molecule has 122 valence electrons. The fraction of sp³-hybridized carbons (Fsp3) is 0.125. The fourth-order valence-electron chi connectivity index (χ4n) is 2.19. The predicted molar refractivity (Wildman–Crippen MR) is 91.5 cm³/mol. The molecule has 1 amide bonds. The minimum absolute atomic E-state index is 0.183. The molecule has 3 rings (SSSR count). The van der Waals surface area contributed by atoms with Crippen molar-refractivity contribution in [1.82, 2.24) is 25.5 Å². The van der Waals surface area contributed by atoms with E-state index in [-0.39, 0.29) is 11.9 Å². The molecule has 1 aromatic heterocycles. The van der Waals surface area contributed by atoms with E-state index in [1.54, 1.807) is 36.4 Å². The van der Waals surface area contributed by atoms with Gasteiger partial charge in [-0.1, -0.05) is 29.3 Å². The Kier molecular flexibility index (Phi) is 4.78. The Balaban J connectivity index is 1.71. The van der Waals surface area contributed by atoms with Gasteiger partial charge >= 0.3 is 0 Å². The molecule has 0 aliphatic heterocycles. The third-order valence-electron chi connectivity index (χ3n) is 3.53. The highest BCUT2D eigenvalue weighted by molar-refractivity contribution is 6.42. The largest absolute Gasteiger partial charge is 0.346 e. The van der Waals surface area contributed by atoms with E-state index in [2.05, 4.69) is 20.8 Å². The number of rotatable bonds is 4. The molecule has 24 heavy (non-hydrogen) atoms. The highest BCUT2D eigenvalue weighted by Crippen LogP contribution is 2.25. The molecule has 0 fully saturated rings. The van der Waals surface area contributed by atoms with Gasteiger partial charge in [-0.15, -0.1) is 5.10 Å². The lowest BCUT2D eigenvalue weighted by molar-refractivity contribution is 0.0940. The van der Waals surface area contributed by atoms with Crippen LogP contribution in [0.4, 0.5) is 0 Å². The quantitative estimate of drug-likeness (QED) is 0.772. The molecule has 0 aliphatic rings. The molecule has 8 heteroatoms. The minimum atomic E-state index is -0.202. The predicted octanol–water partition coefficient (Wildman–Crippen LogP) is 3.46. The van der Waals surface area contributed by atoms with Crippen LogP contribution in [0, 0.1) is 0 Å². The monoisotopic (exact) mass is 361 g/mol. The summed E-state index contributed by atoms with van der Waals surface area (Å²) in [6, 6.07) is 12.1. The van der Waals surface area contributed by atoms with Crippen molar-refractivity contribution in [3.63, 3.8) is 0 Å². The lowest BCUT2D eigenvalue weighted by Gasteiger charge is -2.15. The maximum absolute atomic E-state index is 12.4. The third kappa shape index (κ3) is 3.55. The van der Waals surface area contributed by atoms with E-state index in [4.69, 9.17) is 23.2 Å². The van der Waals surface area contributed by atoms with Gasteiger partial charge in [0.2, 0.25) is 0 Å². The highest BCUT2D eigenvalue weighted by Gasteiger charge is 2.13. The van der Waals surface area contributed by atoms with Gasteiger partial charge < -0.3 is 5.32 Å². The second kappa shape index (κ2) is 6.98. The number of amides is 1. The Labute approximate surface area is 148 Å². The lowest BCUT2D eigenvalue weighted by atomic mass is 10.1. The van der Waals surface area contributed by atoms with Gasteiger partial charge in [0.25, 0.3) is 5.91 Å². The smallest absolute Gasteiger partial charge is 0.251 e. The van der Waals surface area contributed by atoms with E-state index >= 15 is 0 Å². The summed E-state index contributed by atoms with van der Waals surface area (Å²) in [5.41, 5.74) is 2.19. The molecule has 1 heterocycles. The Morgan fingerprint density at radius 2 is 1.88 bits per heavy atom. The van der Waals surface area contributed by atoms with E-state index in [1.165, 1.54) is 11.0 Å². The molecule has 2 aromatic carbocycles. The topological polar surface area (TPSA) is 72.7 Å². The van der Waals surface area contributed by atoms with Gasteiger partial charge in [0, 0.05) is 5.56 Å². The summed E-state index contributed by atoms with van der Waals surface area (Å²) in [6.07, 6.45) is 1.49. The molecule has 0 aliphatic carbocycles. The molecule has 0 saturated heterocycles. The number of nitrogens with zero attached hydrogens (tertiary/aromatic N) is 4. The lowest BCUT2D eigenvalue weighted by Crippen LogP contribution is -2.26. The maximum atomic E-state index is 12.4. The first kappa shape index (κ1) is 16.4. The summed E-state index contributed by atoms with van der Waals surface area (Å²) < 4.78 is 1.51. The van der Waals surface area contributed by atoms with Crippen molar-refractivity contribution < 1.29 is 4.79 Å². The summed E-state index contributed by atoms with van der Waals surface area (Å²) in [5, 5.41) is 14.8. The molecule has 0 bridgehead atoms. The number of hydrogen-bond acceptors (Lipinski definition) is 4. The van der Waals surface area contributed by atoms with Gasteiger partial charge in [-0.2, -0.15) is 0 Å². The molecule has 1 atom stereocenters. The van der Waals surface area contributed by atoms with Crippen LogP contribution in [-0.4, -0.2) is 26.1 Å². The summed E-state index contributed by atoms with van der Waals surface area (Å²) in [5.74, 6) is -0.183. The summed E-state index contributed by atoms with van der Waals surface area (Å²) in [7, 11) is 0. The first-order valence-corrected chi connectivity index (χ1v) is 7.89. The van der Waals surface area contributed by atoms with Crippen LogP contribution < -0.4 is 5.32 Å². The molecule has 0 radical (unpaired) electrons. The molecule has 3 aromatic rings. The standard InChI is InChI=1S/C16H13Cl2N5O/c1-10(12-4-7-14(17)15(18)8-12)20-16(24)11-2-5-13(6-3-11)23-9-19-21-22-23/h2-10H,1H3,(H,20,24)/t10-/m1/s1. The fourth-order valence-corrected chi connectivity index (χ4v) is 2.50. The van der Waals surface area contributed by atoms with Crippen LogP contribution in [0.5, 0.6) is 0 Å². The highest BCUT2D eigenvalue weighted by atomic mass is 35.5. The van der Waals surface area contributed by atoms with E-state index in [0.717, 1.165) is 11.3 Å². The second-order valence-corrected chi connectivity index (χ2v) is 5.98. The Bertz CT molecular complexity index is 849. The van der Waals surface area contributed by atoms with Crippen LogP contribution in [0.1, 0.15) is 28.9 Å². The van der Waals surface area contributed by atoms with E-state index in [0.29, 0.717) is 15.6 Å². The van der Waals surface area contributed by atoms with E-state index in [1.807, 2.05) is 13.0 Å². The maximum Gasteiger partial charge on any atom is 0.251 e. The number of hydrogen-bond donors (Lipinski definition) is 1. The van der Waals surface area contributed by atoms with Crippen LogP contribution in [0.25, 0.3) is 5.69 Å². The summed E-state index contributed by atoms with van der Waals surface area (Å²) >= 11 is 11.9. The van der Waals surface area contributed by atoms with Gasteiger partial charge in [-0.05, 0) is 59.3 Å².